The predicted octanol–water partition coefficient (Wildman–Crippen LogP) is 2.26. The molecule has 1 rings (SSSR count). The summed E-state index contributed by atoms with van der Waals surface area (Å²) in [5, 5.41) is 12.5. The summed E-state index contributed by atoms with van der Waals surface area (Å²) in [4.78, 5) is 0. The molecule has 1 heterocycles. The predicted molar refractivity (Wildman–Crippen MR) is 79.0 cm³/mol. The first-order valence-electron chi connectivity index (χ1n) is 6.85. The molecular weight excluding hydrogens is 244 g/mol. The van der Waals surface area contributed by atoms with Crippen LogP contribution in [0.2, 0.25) is 0 Å². The Bertz CT molecular complexity index is 327. The SMILES string of the molecule is CCCNC(CSC(C)CC)Cc1cn(C)nn1. The van der Waals surface area contributed by atoms with Crippen LogP contribution in [0.5, 0.6) is 0 Å². The minimum Gasteiger partial charge on any atom is -0.313 e. The van der Waals surface area contributed by atoms with Crippen LogP contribution < -0.4 is 5.32 Å². The number of aryl methyl sites for hydroxylation is 1. The highest BCUT2D eigenvalue weighted by Gasteiger charge is 2.12. The van der Waals surface area contributed by atoms with Crippen molar-refractivity contribution < 1.29 is 0 Å². The van der Waals surface area contributed by atoms with E-state index in [1.807, 2.05) is 25.0 Å². The van der Waals surface area contributed by atoms with Crippen LogP contribution in [0.25, 0.3) is 0 Å². The lowest BCUT2D eigenvalue weighted by atomic mass is 10.2. The van der Waals surface area contributed by atoms with Gasteiger partial charge in [-0.05, 0) is 19.4 Å². The molecule has 0 aliphatic heterocycles. The zero-order valence-corrected chi connectivity index (χ0v) is 12.8. The Morgan fingerprint density at radius 2 is 2.22 bits per heavy atom. The van der Waals surface area contributed by atoms with Crippen molar-refractivity contribution >= 4 is 11.8 Å². The van der Waals surface area contributed by atoms with Crippen LogP contribution >= 0.6 is 11.8 Å². The molecule has 4 nitrogen and oxygen atoms in total. The number of aromatic nitrogens is 3. The van der Waals surface area contributed by atoms with Gasteiger partial charge in [0, 0.05) is 36.7 Å². The van der Waals surface area contributed by atoms with Crippen molar-refractivity contribution in [2.24, 2.45) is 7.05 Å². The van der Waals surface area contributed by atoms with Gasteiger partial charge in [0.2, 0.25) is 0 Å². The van der Waals surface area contributed by atoms with E-state index in [9.17, 15) is 0 Å². The normalized spacial score (nSPS) is 14.7. The van der Waals surface area contributed by atoms with E-state index in [0.717, 1.165) is 29.7 Å². The van der Waals surface area contributed by atoms with Gasteiger partial charge in [-0.25, -0.2) is 0 Å². The third-order valence-corrected chi connectivity index (χ3v) is 4.44. The van der Waals surface area contributed by atoms with Gasteiger partial charge < -0.3 is 5.32 Å². The summed E-state index contributed by atoms with van der Waals surface area (Å²) in [6.45, 7) is 7.82. The molecule has 1 aromatic heterocycles. The van der Waals surface area contributed by atoms with Crippen molar-refractivity contribution in [1.29, 1.82) is 0 Å². The second kappa shape index (κ2) is 8.53. The molecule has 0 radical (unpaired) electrons. The van der Waals surface area contributed by atoms with Crippen LogP contribution in [-0.4, -0.2) is 38.6 Å². The van der Waals surface area contributed by atoms with E-state index in [0.29, 0.717) is 6.04 Å². The van der Waals surface area contributed by atoms with Crippen LogP contribution in [0, 0.1) is 0 Å². The van der Waals surface area contributed by atoms with E-state index in [1.54, 1.807) is 4.68 Å². The van der Waals surface area contributed by atoms with Crippen LogP contribution in [0.4, 0.5) is 0 Å². The van der Waals surface area contributed by atoms with E-state index >= 15 is 0 Å². The maximum absolute atomic E-state index is 4.17. The standard InChI is InChI=1S/C13H26N4S/c1-5-7-14-13(10-18-11(3)6-2)8-12-9-17(4)16-15-12/h9,11,13-14H,5-8,10H2,1-4H3. The molecule has 0 aliphatic rings. The minimum atomic E-state index is 0.501. The number of nitrogens with zero attached hydrogens (tertiary/aromatic N) is 3. The van der Waals surface area contributed by atoms with E-state index < -0.39 is 0 Å². The molecule has 2 unspecified atom stereocenters. The zero-order valence-electron chi connectivity index (χ0n) is 12.0. The van der Waals surface area contributed by atoms with Crippen molar-refractivity contribution in [2.75, 3.05) is 12.3 Å². The van der Waals surface area contributed by atoms with Crippen LogP contribution in [0.3, 0.4) is 0 Å². The van der Waals surface area contributed by atoms with E-state index in [4.69, 9.17) is 0 Å². The summed E-state index contributed by atoms with van der Waals surface area (Å²) in [6.07, 6.45) is 5.38. The number of rotatable bonds is 9. The fourth-order valence-corrected chi connectivity index (χ4v) is 2.71. The van der Waals surface area contributed by atoms with Gasteiger partial charge in [-0.15, -0.1) is 5.10 Å². The molecule has 0 amide bonds. The molecule has 0 bridgehead atoms. The van der Waals surface area contributed by atoms with Gasteiger partial charge in [-0.3, -0.25) is 4.68 Å². The first-order valence-corrected chi connectivity index (χ1v) is 7.90. The van der Waals surface area contributed by atoms with Gasteiger partial charge in [-0.1, -0.05) is 26.0 Å². The second-order valence-corrected chi connectivity index (χ2v) is 6.26. The molecule has 0 saturated heterocycles. The number of hydrogen-bond donors (Lipinski definition) is 1. The maximum Gasteiger partial charge on any atom is 0.0842 e. The van der Waals surface area contributed by atoms with E-state index in [-0.39, 0.29) is 0 Å². The monoisotopic (exact) mass is 270 g/mol. The van der Waals surface area contributed by atoms with Crippen molar-refractivity contribution in [3.8, 4) is 0 Å². The largest absolute Gasteiger partial charge is 0.313 e. The maximum atomic E-state index is 4.17. The molecule has 0 aromatic carbocycles. The molecule has 0 spiro atoms. The summed E-state index contributed by atoms with van der Waals surface area (Å²) in [5.74, 6) is 1.14. The van der Waals surface area contributed by atoms with Gasteiger partial charge in [0.15, 0.2) is 0 Å². The molecule has 104 valence electrons. The molecular formula is C13H26N4S. The topological polar surface area (TPSA) is 42.7 Å². The van der Waals surface area contributed by atoms with Crippen molar-refractivity contribution in [3.63, 3.8) is 0 Å². The summed E-state index contributed by atoms with van der Waals surface area (Å²) < 4.78 is 1.77. The molecule has 0 fully saturated rings. The molecule has 2 atom stereocenters. The third kappa shape index (κ3) is 5.87. The molecule has 5 heteroatoms. The summed E-state index contributed by atoms with van der Waals surface area (Å²) in [7, 11) is 1.92. The Hall–Kier alpha value is -0.550. The Kier molecular flexibility index (Phi) is 7.35. The van der Waals surface area contributed by atoms with Gasteiger partial charge in [0.25, 0.3) is 0 Å². The number of nitrogens with one attached hydrogen (secondary N) is 1. The fraction of sp³-hybridized carbons (Fsp3) is 0.846. The number of thioether (sulfide) groups is 1. The zero-order chi connectivity index (χ0) is 13.4. The summed E-state index contributed by atoms with van der Waals surface area (Å²) >= 11 is 2.04. The summed E-state index contributed by atoms with van der Waals surface area (Å²) in [5.41, 5.74) is 1.08. The van der Waals surface area contributed by atoms with Crippen molar-refractivity contribution in [1.82, 2.24) is 20.3 Å². The lowest BCUT2D eigenvalue weighted by molar-refractivity contribution is 0.544. The Balaban J connectivity index is 2.44. The highest BCUT2D eigenvalue weighted by atomic mass is 32.2. The Morgan fingerprint density at radius 3 is 2.78 bits per heavy atom. The lowest BCUT2D eigenvalue weighted by Crippen LogP contribution is -2.34. The number of hydrogen-bond acceptors (Lipinski definition) is 4. The van der Waals surface area contributed by atoms with Crippen LogP contribution in [0.1, 0.15) is 39.3 Å². The lowest BCUT2D eigenvalue weighted by Gasteiger charge is -2.19. The van der Waals surface area contributed by atoms with Gasteiger partial charge in [0.05, 0.1) is 5.69 Å². The van der Waals surface area contributed by atoms with Crippen LogP contribution in [0.15, 0.2) is 6.20 Å². The Morgan fingerprint density at radius 1 is 1.44 bits per heavy atom. The minimum absolute atomic E-state index is 0.501. The van der Waals surface area contributed by atoms with E-state index in [1.165, 1.54) is 12.8 Å². The molecule has 18 heavy (non-hydrogen) atoms. The van der Waals surface area contributed by atoms with Crippen molar-refractivity contribution in [3.05, 3.63) is 11.9 Å². The first-order chi connectivity index (χ1) is 8.65. The first kappa shape index (κ1) is 15.5. The molecule has 0 aliphatic carbocycles. The second-order valence-electron chi connectivity index (χ2n) is 4.79. The molecule has 0 saturated carbocycles. The Labute approximate surface area is 115 Å². The van der Waals surface area contributed by atoms with Crippen molar-refractivity contribution in [2.45, 2.75) is 51.3 Å². The third-order valence-electron chi connectivity index (χ3n) is 2.95. The highest BCUT2D eigenvalue weighted by molar-refractivity contribution is 7.99. The van der Waals surface area contributed by atoms with Gasteiger partial charge in [0.1, 0.15) is 0 Å². The quantitative estimate of drug-likeness (QED) is 0.747. The summed E-state index contributed by atoms with van der Waals surface area (Å²) in [6, 6.07) is 0.501. The fourth-order valence-electron chi connectivity index (χ4n) is 1.68. The van der Waals surface area contributed by atoms with Crippen LogP contribution in [-0.2, 0) is 13.5 Å². The van der Waals surface area contributed by atoms with E-state index in [2.05, 4.69) is 36.4 Å². The highest BCUT2D eigenvalue weighted by Crippen LogP contribution is 2.16. The average molecular weight is 270 g/mol. The average Bonchev–Trinajstić information content (AvgIpc) is 2.77. The van der Waals surface area contributed by atoms with Gasteiger partial charge in [-0.2, -0.15) is 11.8 Å². The molecule has 1 aromatic rings. The molecule has 1 N–H and O–H groups in total. The van der Waals surface area contributed by atoms with Gasteiger partial charge >= 0.3 is 0 Å². The smallest absolute Gasteiger partial charge is 0.0842 e.